The van der Waals surface area contributed by atoms with E-state index < -0.39 is 0 Å². The van der Waals surface area contributed by atoms with E-state index in [1.807, 2.05) is 11.8 Å². The smallest absolute Gasteiger partial charge is 0.119 e. The van der Waals surface area contributed by atoms with Gasteiger partial charge in [0.2, 0.25) is 0 Å². The van der Waals surface area contributed by atoms with Crippen LogP contribution in [0.15, 0.2) is 23.1 Å². The summed E-state index contributed by atoms with van der Waals surface area (Å²) in [6.45, 7) is 5.47. The fourth-order valence-electron chi connectivity index (χ4n) is 2.20. The van der Waals surface area contributed by atoms with Crippen LogP contribution in [0.5, 0.6) is 5.75 Å². The molecular weight excluding hydrogens is 218 g/mol. The number of nitrogens with one attached hydrogen (secondary N) is 1. The molecule has 2 rings (SSSR count). The van der Waals surface area contributed by atoms with Crippen molar-refractivity contribution in [2.24, 2.45) is 0 Å². The molecule has 2 atom stereocenters. The third-order valence-electron chi connectivity index (χ3n) is 2.94. The molecule has 0 spiro atoms. The first-order valence-electron chi connectivity index (χ1n) is 5.82. The van der Waals surface area contributed by atoms with Crippen molar-refractivity contribution < 1.29 is 4.74 Å². The second-order valence-corrected chi connectivity index (χ2v) is 5.66. The van der Waals surface area contributed by atoms with Gasteiger partial charge in [0.25, 0.3) is 0 Å². The minimum atomic E-state index is 0.502. The van der Waals surface area contributed by atoms with Gasteiger partial charge < -0.3 is 10.1 Å². The van der Waals surface area contributed by atoms with Crippen molar-refractivity contribution in [3.8, 4) is 5.75 Å². The Morgan fingerprint density at radius 3 is 3.00 bits per heavy atom. The molecule has 0 saturated heterocycles. The Morgan fingerprint density at radius 1 is 1.50 bits per heavy atom. The first-order valence-corrected chi connectivity index (χ1v) is 6.70. The predicted molar refractivity (Wildman–Crippen MR) is 69.3 cm³/mol. The summed E-state index contributed by atoms with van der Waals surface area (Å²) in [4.78, 5) is 1.36. The van der Waals surface area contributed by atoms with E-state index in [1.54, 1.807) is 7.11 Å². The third-order valence-corrected chi connectivity index (χ3v) is 4.14. The molecule has 2 unspecified atom stereocenters. The van der Waals surface area contributed by atoms with Gasteiger partial charge in [0, 0.05) is 16.2 Å². The zero-order chi connectivity index (χ0) is 11.5. The summed E-state index contributed by atoms with van der Waals surface area (Å²) >= 11 is 1.95. The van der Waals surface area contributed by atoms with Crippen LogP contribution in [0.1, 0.15) is 31.9 Å². The Bertz CT molecular complexity index is 367. The maximum atomic E-state index is 5.28. The summed E-state index contributed by atoms with van der Waals surface area (Å²) in [5.41, 5.74) is 1.42. The summed E-state index contributed by atoms with van der Waals surface area (Å²) in [5, 5.41) is 4.22. The van der Waals surface area contributed by atoms with Crippen LogP contribution < -0.4 is 10.1 Å². The Balaban J connectivity index is 2.31. The average molecular weight is 237 g/mol. The van der Waals surface area contributed by atoms with Gasteiger partial charge in [-0.1, -0.05) is 19.9 Å². The Kier molecular flexibility index (Phi) is 3.77. The highest BCUT2D eigenvalue weighted by Gasteiger charge is 2.24. The zero-order valence-corrected chi connectivity index (χ0v) is 10.9. The largest absolute Gasteiger partial charge is 0.497 e. The van der Waals surface area contributed by atoms with E-state index in [1.165, 1.54) is 16.9 Å². The van der Waals surface area contributed by atoms with Crippen molar-refractivity contribution in [3.05, 3.63) is 23.8 Å². The summed E-state index contributed by atoms with van der Waals surface area (Å²) in [7, 11) is 1.72. The number of benzene rings is 1. The molecule has 0 aromatic heterocycles. The van der Waals surface area contributed by atoms with Gasteiger partial charge >= 0.3 is 0 Å². The fourth-order valence-corrected chi connectivity index (χ4v) is 3.45. The molecule has 3 heteroatoms. The lowest BCUT2D eigenvalue weighted by Gasteiger charge is -2.30. The van der Waals surface area contributed by atoms with E-state index in [0.29, 0.717) is 11.3 Å². The van der Waals surface area contributed by atoms with Crippen molar-refractivity contribution in [1.82, 2.24) is 5.32 Å². The van der Waals surface area contributed by atoms with Crippen LogP contribution in [0.2, 0.25) is 0 Å². The van der Waals surface area contributed by atoms with Crippen LogP contribution in [0.25, 0.3) is 0 Å². The summed E-state index contributed by atoms with van der Waals surface area (Å²) < 4.78 is 5.28. The highest BCUT2D eigenvalue weighted by molar-refractivity contribution is 8.00. The predicted octanol–water partition coefficient (Wildman–Crippen LogP) is 3.23. The lowest BCUT2D eigenvalue weighted by Crippen LogP contribution is -2.26. The molecule has 1 heterocycles. The molecule has 0 amide bonds. The van der Waals surface area contributed by atoms with Crippen LogP contribution in [0.3, 0.4) is 0 Å². The Morgan fingerprint density at radius 2 is 2.31 bits per heavy atom. The first kappa shape index (κ1) is 11.8. The molecule has 1 N–H and O–H groups in total. The number of rotatable bonds is 3. The molecule has 0 aliphatic carbocycles. The van der Waals surface area contributed by atoms with Crippen molar-refractivity contribution in [2.75, 3.05) is 13.7 Å². The number of fused-ring (bicyclic) bond motifs is 1. The van der Waals surface area contributed by atoms with E-state index in [9.17, 15) is 0 Å². The van der Waals surface area contributed by atoms with E-state index in [4.69, 9.17) is 4.74 Å². The third kappa shape index (κ3) is 2.36. The maximum Gasteiger partial charge on any atom is 0.119 e. The van der Waals surface area contributed by atoms with Gasteiger partial charge in [-0.2, -0.15) is 0 Å². The minimum absolute atomic E-state index is 0.502. The fraction of sp³-hybridized carbons (Fsp3) is 0.538. The van der Waals surface area contributed by atoms with Crippen LogP contribution in [-0.4, -0.2) is 18.9 Å². The van der Waals surface area contributed by atoms with Gasteiger partial charge in [0.05, 0.1) is 7.11 Å². The second-order valence-electron chi connectivity index (χ2n) is 4.18. The molecule has 1 aliphatic heterocycles. The molecule has 0 fully saturated rings. The average Bonchev–Trinajstić information content (AvgIpc) is 2.28. The molecule has 0 bridgehead atoms. The van der Waals surface area contributed by atoms with Gasteiger partial charge in [-0.15, -0.1) is 11.8 Å². The van der Waals surface area contributed by atoms with Gasteiger partial charge in [-0.3, -0.25) is 0 Å². The normalized spacial score (nSPS) is 23.9. The highest BCUT2D eigenvalue weighted by atomic mass is 32.2. The van der Waals surface area contributed by atoms with Crippen molar-refractivity contribution in [1.29, 1.82) is 0 Å². The van der Waals surface area contributed by atoms with Gasteiger partial charge in [-0.25, -0.2) is 0 Å². The second kappa shape index (κ2) is 5.11. The molecular formula is C13H19NOS. The summed E-state index contributed by atoms with van der Waals surface area (Å²) in [6.07, 6.45) is 1.21. The van der Waals surface area contributed by atoms with Crippen molar-refractivity contribution in [3.63, 3.8) is 0 Å². The number of hydrogen-bond acceptors (Lipinski definition) is 3. The lowest BCUT2D eigenvalue weighted by molar-refractivity contribution is 0.412. The van der Waals surface area contributed by atoms with Crippen LogP contribution in [0, 0.1) is 0 Å². The number of ether oxygens (including phenoxy) is 1. The quantitative estimate of drug-likeness (QED) is 0.872. The molecule has 0 radical (unpaired) electrons. The Labute approximate surface area is 102 Å². The topological polar surface area (TPSA) is 21.3 Å². The number of hydrogen-bond donors (Lipinski definition) is 1. The standard InChI is InChI=1S/C13H19NOS/c1-4-14-12-7-9(2)16-13-8-10(15-3)5-6-11(12)13/h5-6,8-9,12,14H,4,7H2,1-3H3. The van der Waals surface area contributed by atoms with E-state index >= 15 is 0 Å². The lowest BCUT2D eigenvalue weighted by atomic mass is 10.0. The first-order chi connectivity index (χ1) is 7.74. The Hall–Kier alpha value is -0.670. The van der Waals surface area contributed by atoms with E-state index in [2.05, 4.69) is 37.4 Å². The van der Waals surface area contributed by atoms with Crippen LogP contribution in [-0.2, 0) is 0 Å². The molecule has 1 aromatic rings. The monoisotopic (exact) mass is 237 g/mol. The molecule has 1 aliphatic rings. The van der Waals surface area contributed by atoms with Crippen LogP contribution in [0.4, 0.5) is 0 Å². The van der Waals surface area contributed by atoms with Gasteiger partial charge in [-0.05, 0) is 30.7 Å². The highest BCUT2D eigenvalue weighted by Crippen LogP contribution is 2.41. The summed E-state index contributed by atoms with van der Waals surface area (Å²) in [5.74, 6) is 0.954. The zero-order valence-electron chi connectivity index (χ0n) is 10.1. The maximum absolute atomic E-state index is 5.28. The molecule has 1 aromatic carbocycles. The summed E-state index contributed by atoms with van der Waals surface area (Å²) in [6, 6.07) is 6.90. The van der Waals surface area contributed by atoms with Crippen LogP contribution >= 0.6 is 11.8 Å². The SMILES string of the molecule is CCNC1CC(C)Sc2cc(OC)ccc21. The van der Waals surface area contributed by atoms with E-state index in [-0.39, 0.29) is 0 Å². The van der Waals surface area contributed by atoms with Gasteiger partial charge in [0.15, 0.2) is 0 Å². The number of methoxy groups -OCH3 is 1. The van der Waals surface area contributed by atoms with E-state index in [0.717, 1.165) is 12.3 Å². The van der Waals surface area contributed by atoms with Gasteiger partial charge in [0.1, 0.15) is 5.75 Å². The van der Waals surface area contributed by atoms with Crippen molar-refractivity contribution in [2.45, 2.75) is 36.5 Å². The molecule has 0 saturated carbocycles. The van der Waals surface area contributed by atoms with Crippen molar-refractivity contribution >= 4 is 11.8 Å². The molecule has 16 heavy (non-hydrogen) atoms. The molecule has 2 nitrogen and oxygen atoms in total. The minimum Gasteiger partial charge on any atom is -0.497 e. The number of thioether (sulfide) groups is 1. The molecule has 88 valence electrons.